The van der Waals surface area contributed by atoms with Gasteiger partial charge in [-0.15, -0.1) is 11.3 Å². The fraction of sp³-hybridized carbons (Fsp3) is 0.381. The molecule has 1 unspecified atom stereocenters. The van der Waals surface area contributed by atoms with Crippen molar-refractivity contribution in [3.05, 3.63) is 58.6 Å². The van der Waals surface area contributed by atoms with Crippen molar-refractivity contribution in [3.8, 4) is 0 Å². The van der Waals surface area contributed by atoms with Crippen molar-refractivity contribution in [2.45, 2.75) is 51.1 Å². The maximum atomic E-state index is 4.75. The zero-order valence-corrected chi connectivity index (χ0v) is 15.1. The average molecular weight is 334 g/mol. The number of benzene rings is 1. The normalized spacial score (nSPS) is 21.8. The van der Waals surface area contributed by atoms with Crippen LogP contribution in [0.4, 0.5) is 5.69 Å². The summed E-state index contributed by atoms with van der Waals surface area (Å²) < 4.78 is 1.35. The first-order valence-electron chi connectivity index (χ1n) is 8.95. The van der Waals surface area contributed by atoms with Gasteiger partial charge in [-0.2, -0.15) is 0 Å². The zero-order valence-electron chi connectivity index (χ0n) is 14.2. The number of para-hydroxylation sites is 1. The minimum atomic E-state index is 0.187. The van der Waals surface area contributed by atoms with Crippen molar-refractivity contribution >= 4 is 27.2 Å². The summed E-state index contributed by atoms with van der Waals surface area (Å²) in [7, 11) is 0. The first-order valence-corrected chi connectivity index (χ1v) is 9.77. The van der Waals surface area contributed by atoms with E-state index in [9.17, 15) is 0 Å². The molecule has 2 aromatic heterocycles. The minimum Gasteiger partial charge on any atom is -0.354 e. The van der Waals surface area contributed by atoms with Gasteiger partial charge in [0.15, 0.2) is 0 Å². The minimum absolute atomic E-state index is 0.187. The van der Waals surface area contributed by atoms with E-state index < -0.39 is 0 Å². The molecule has 1 atom stereocenters. The summed E-state index contributed by atoms with van der Waals surface area (Å²) >= 11 is 1.99. The van der Waals surface area contributed by atoms with E-state index in [0.29, 0.717) is 6.04 Å². The van der Waals surface area contributed by atoms with Gasteiger partial charge in [-0.3, -0.25) is 4.98 Å². The molecule has 0 amide bonds. The molecule has 0 N–H and O–H groups in total. The van der Waals surface area contributed by atoms with Crippen molar-refractivity contribution in [1.82, 2.24) is 4.98 Å². The number of anilines is 1. The Morgan fingerprint density at radius 2 is 1.92 bits per heavy atom. The summed E-state index contributed by atoms with van der Waals surface area (Å²) in [6, 6.07) is 13.6. The summed E-state index contributed by atoms with van der Waals surface area (Å²) in [4.78, 5) is 9.07. The van der Waals surface area contributed by atoms with Gasteiger partial charge in [-0.1, -0.05) is 31.0 Å². The highest BCUT2D eigenvalue weighted by Gasteiger charge is 2.52. The second kappa shape index (κ2) is 5.06. The lowest BCUT2D eigenvalue weighted by atomic mass is 9.94. The molecule has 3 heterocycles. The molecular weight excluding hydrogens is 312 g/mol. The average Bonchev–Trinajstić information content (AvgIpc) is 3.26. The van der Waals surface area contributed by atoms with Gasteiger partial charge in [0.05, 0.1) is 21.8 Å². The number of hydrogen-bond acceptors (Lipinski definition) is 3. The summed E-state index contributed by atoms with van der Waals surface area (Å²) in [5, 5.41) is 0. The highest BCUT2D eigenvalue weighted by molar-refractivity contribution is 7.19. The molecule has 5 rings (SSSR count). The number of rotatable bonds is 1. The zero-order chi connectivity index (χ0) is 16.3. The Morgan fingerprint density at radius 3 is 2.71 bits per heavy atom. The standard InChI is InChI=1S/C21H22N2S/c1-14-8-3-4-9-16(14)23-15(2)18-19-17(10-7-13-22-19)24-20(18)21(23)11-5-6-12-21/h3-4,7-10,13,15H,5-6,11-12H2,1-2H3. The van der Waals surface area contributed by atoms with E-state index in [0.717, 1.165) is 0 Å². The maximum Gasteiger partial charge on any atom is 0.0866 e. The largest absolute Gasteiger partial charge is 0.354 e. The monoisotopic (exact) mass is 334 g/mol. The van der Waals surface area contributed by atoms with Crippen LogP contribution in [0.2, 0.25) is 0 Å². The van der Waals surface area contributed by atoms with Gasteiger partial charge in [0.2, 0.25) is 0 Å². The smallest absolute Gasteiger partial charge is 0.0866 e. The molecule has 122 valence electrons. The molecule has 1 saturated carbocycles. The molecule has 24 heavy (non-hydrogen) atoms. The SMILES string of the molecule is Cc1ccccc1N1C(C)c2c(sc3cccnc23)C12CCCC2. The Morgan fingerprint density at radius 1 is 1.12 bits per heavy atom. The summed E-state index contributed by atoms with van der Waals surface area (Å²) in [5.74, 6) is 0. The van der Waals surface area contributed by atoms with Gasteiger partial charge in [0.1, 0.15) is 0 Å². The van der Waals surface area contributed by atoms with Gasteiger partial charge in [0.25, 0.3) is 0 Å². The van der Waals surface area contributed by atoms with Crippen LogP contribution >= 0.6 is 11.3 Å². The van der Waals surface area contributed by atoms with E-state index in [2.05, 4.69) is 55.1 Å². The van der Waals surface area contributed by atoms with Gasteiger partial charge in [0, 0.05) is 22.3 Å². The molecular formula is C21H22N2S. The van der Waals surface area contributed by atoms with Crippen molar-refractivity contribution in [2.24, 2.45) is 0 Å². The second-order valence-corrected chi connectivity index (χ2v) is 8.32. The third kappa shape index (κ3) is 1.74. The predicted octanol–water partition coefficient (Wildman–Crippen LogP) is 5.96. The van der Waals surface area contributed by atoms with Crippen LogP contribution in [0.5, 0.6) is 0 Å². The number of aryl methyl sites for hydroxylation is 1. The van der Waals surface area contributed by atoms with Crippen molar-refractivity contribution < 1.29 is 0 Å². The van der Waals surface area contributed by atoms with Gasteiger partial charge < -0.3 is 4.90 Å². The van der Waals surface area contributed by atoms with Crippen LogP contribution in [0.25, 0.3) is 10.2 Å². The van der Waals surface area contributed by atoms with Crippen LogP contribution in [-0.2, 0) is 5.54 Å². The molecule has 0 bridgehead atoms. The van der Waals surface area contributed by atoms with Crippen LogP contribution in [0.15, 0.2) is 42.6 Å². The van der Waals surface area contributed by atoms with E-state index in [4.69, 9.17) is 4.98 Å². The number of fused-ring (bicyclic) bond motifs is 4. The second-order valence-electron chi connectivity index (χ2n) is 7.27. The number of pyridine rings is 1. The molecule has 3 aromatic rings. The van der Waals surface area contributed by atoms with Crippen LogP contribution in [0.3, 0.4) is 0 Å². The molecule has 2 nitrogen and oxygen atoms in total. The van der Waals surface area contributed by atoms with E-state index in [-0.39, 0.29) is 5.54 Å². The summed E-state index contributed by atoms with van der Waals surface area (Å²) in [6.45, 7) is 4.62. The molecule has 1 spiro atoms. The topological polar surface area (TPSA) is 16.1 Å². The Bertz CT molecular complexity index is 920. The fourth-order valence-electron chi connectivity index (χ4n) is 4.99. The number of nitrogens with zero attached hydrogens (tertiary/aromatic N) is 2. The molecule has 0 radical (unpaired) electrons. The Balaban J connectivity index is 1.79. The van der Waals surface area contributed by atoms with E-state index in [1.165, 1.54) is 52.7 Å². The molecule has 2 aliphatic rings. The highest BCUT2D eigenvalue weighted by Crippen LogP contribution is 2.60. The van der Waals surface area contributed by atoms with E-state index >= 15 is 0 Å². The maximum absolute atomic E-state index is 4.75. The lowest BCUT2D eigenvalue weighted by Crippen LogP contribution is -2.40. The molecule has 1 aliphatic carbocycles. The van der Waals surface area contributed by atoms with Crippen molar-refractivity contribution in [1.29, 1.82) is 0 Å². The predicted molar refractivity (Wildman–Crippen MR) is 102 cm³/mol. The van der Waals surface area contributed by atoms with Gasteiger partial charge in [-0.05, 0) is 50.5 Å². The molecule has 1 aromatic carbocycles. The van der Waals surface area contributed by atoms with Crippen LogP contribution in [0, 0.1) is 6.92 Å². The molecule has 1 fully saturated rings. The Kier molecular flexibility index (Phi) is 3.05. The fourth-order valence-corrected chi connectivity index (χ4v) is 6.49. The molecule has 0 saturated heterocycles. The van der Waals surface area contributed by atoms with E-state index in [1.807, 2.05) is 17.5 Å². The quantitative estimate of drug-likeness (QED) is 0.546. The first kappa shape index (κ1) is 14.5. The van der Waals surface area contributed by atoms with Gasteiger partial charge >= 0.3 is 0 Å². The number of thiophene rings is 1. The molecule has 3 heteroatoms. The summed E-state index contributed by atoms with van der Waals surface area (Å²) in [5.41, 5.74) is 5.68. The number of hydrogen-bond donors (Lipinski definition) is 0. The summed E-state index contributed by atoms with van der Waals surface area (Å²) in [6.07, 6.45) is 7.14. The Labute approximate surface area is 147 Å². The first-order chi connectivity index (χ1) is 11.7. The van der Waals surface area contributed by atoms with Crippen LogP contribution in [-0.4, -0.2) is 4.98 Å². The van der Waals surface area contributed by atoms with Crippen LogP contribution in [0.1, 0.15) is 54.7 Å². The highest BCUT2D eigenvalue weighted by atomic mass is 32.1. The third-order valence-electron chi connectivity index (χ3n) is 5.98. The van der Waals surface area contributed by atoms with Crippen molar-refractivity contribution in [2.75, 3.05) is 4.90 Å². The third-order valence-corrected chi connectivity index (χ3v) is 7.33. The Hall–Kier alpha value is -1.87. The lowest BCUT2D eigenvalue weighted by Gasteiger charge is -2.41. The van der Waals surface area contributed by atoms with Crippen LogP contribution < -0.4 is 4.90 Å². The van der Waals surface area contributed by atoms with E-state index in [1.54, 1.807) is 4.88 Å². The van der Waals surface area contributed by atoms with Gasteiger partial charge in [-0.25, -0.2) is 0 Å². The number of aromatic nitrogens is 1. The van der Waals surface area contributed by atoms with Crippen molar-refractivity contribution in [3.63, 3.8) is 0 Å². The lowest BCUT2D eigenvalue weighted by molar-refractivity contribution is 0.421. The molecule has 1 aliphatic heterocycles.